The predicted octanol–water partition coefficient (Wildman–Crippen LogP) is 0.913. The molecule has 5 nitrogen and oxygen atoms in total. The standard InChI is InChI=1S/C15H33NO4/c1-4-6-7-13(5-2)9-20-10-14(19)8-16-15(3,11-17)12-18/h13-14,16-19H,4-12H2,1-3H3. The first kappa shape index (κ1) is 19.8. The number of rotatable bonds is 13. The van der Waals surface area contributed by atoms with Crippen LogP contribution >= 0.6 is 0 Å². The molecule has 0 heterocycles. The van der Waals surface area contributed by atoms with Gasteiger partial charge in [-0.25, -0.2) is 0 Å². The van der Waals surface area contributed by atoms with E-state index in [1.165, 1.54) is 19.3 Å². The molecule has 2 atom stereocenters. The van der Waals surface area contributed by atoms with Crippen molar-refractivity contribution in [3.05, 3.63) is 0 Å². The van der Waals surface area contributed by atoms with Crippen LogP contribution in [0.25, 0.3) is 0 Å². The third-order valence-electron chi connectivity index (χ3n) is 3.67. The smallest absolute Gasteiger partial charge is 0.0897 e. The quantitative estimate of drug-likeness (QED) is 0.405. The number of nitrogens with one attached hydrogen (secondary N) is 1. The van der Waals surface area contributed by atoms with Gasteiger partial charge in [0.05, 0.1) is 31.5 Å². The Balaban J connectivity index is 3.79. The molecule has 0 aliphatic rings. The number of hydrogen-bond donors (Lipinski definition) is 4. The van der Waals surface area contributed by atoms with Crippen LogP contribution in [0.2, 0.25) is 0 Å². The van der Waals surface area contributed by atoms with Crippen molar-refractivity contribution in [3.63, 3.8) is 0 Å². The van der Waals surface area contributed by atoms with Crippen LogP contribution in [0.4, 0.5) is 0 Å². The second-order valence-electron chi connectivity index (χ2n) is 5.87. The number of hydrogen-bond acceptors (Lipinski definition) is 5. The Kier molecular flexibility index (Phi) is 11.3. The van der Waals surface area contributed by atoms with Crippen molar-refractivity contribution >= 4 is 0 Å². The molecule has 0 radical (unpaired) electrons. The minimum absolute atomic E-state index is 0.175. The van der Waals surface area contributed by atoms with E-state index in [4.69, 9.17) is 14.9 Å². The molecule has 0 rings (SSSR count). The molecule has 4 N–H and O–H groups in total. The highest BCUT2D eigenvalue weighted by Gasteiger charge is 2.22. The molecule has 0 aromatic heterocycles. The Hall–Kier alpha value is -0.200. The van der Waals surface area contributed by atoms with Crippen LogP contribution in [0, 0.1) is 5.92 Å². The molecule has 0 aliphatic carbocycles. The van der Waals surface area contributed by atoms with Gasteiger partial charge in [-0.2, -0.15) is 0 Å². The van der Waals surface area contributed by atoms with E-state index in [2.05, 4.69) is 19.2 Å². The van der Waals surface area contributed by atoms with Gasteiger partial charge in [-0.1, -0.05) is 33.1 Å². The molecule has 0 aliphatic heterocycles. The molecule has 122 valence electrons. The second-order valence-corrected chi connectivity index (χ2v) is 5.87. The molecular weight excluding hydrogens is 258 g/mol. The van der Waals surface area contributed by atoms with Crippen molar-refractivity contribution in [2.75, 3.05) is 33.0 Å². The molecule has 0 bridgehead atoms. The summed E-state index contributed by atoms with van der Waals surface area (Å²) < 4.78 is 5.56. The molecule has 0 saturated heterocycles. The average Bonchev–Trinajstić information content (AvgIpc) is 2.48. The minimum atomic E-state index is -0.756. The number of aliphatic hydroxyl groups excluding tert-OH is 3. The summed E-state index contributed by atoms with van der Waals surface area (Å²) in [7, 11) is 0. The molecule has 0 fully saturated rings. The third-order valence-corrected chi connectivity index (χ3v) is 3.67. The zero-order valence-corrected chi connectivity index (χ0v) is 13.3. The topological polar surface area (TPSA) is 82.0 Å². The van der Waals surface area contributed by atoms with Gasteiger partial charge in [-0.3, -0.25) is 0 Å². The summed E-state index contributed by atoms with van der Waals surface area (Å²) in [4.78, 5) is 0. The van der Waals surface area contributed by atoms with Gasteiger partial charge < -0.3 is 25.4 Å². The van der Waals surface area contributed by atoms with Crippen molar-refractivity contribution in [2.24, 2.45) is 5.92 Å². The lowest BCUT2D eigenvalue weighted by Crippen LogP contribution is -2.52. The minimum Gasteiger partial charge on any atom is -0.394 e. The number of aliphatic hydroxyl groups is 3. The zero-order valence-electron chi connectivity index (χ0n) is 13.3. The van der Waals surface area contributed by atoms with E-state index in [0.717, 1.165) is 6.42 Å². The molecule has 0 spiro atoms. The monoisotopic (exact) mass is 291 g/mol. The van der Waals surface area contributed by atoms with Gasteiger partial charge in [0.2, 0.25) is 0 Å². The predicted molar refractivity (Wildman–Crippen MR) is 80.7 cm³/mol. The highest BCUT2D eigenvalue weighted by atomic mass is 16.5. The lowest BCUT2D eigenvalue weighted by atomic mass is 10.0. The molecule has 0 amide bonds. The first-order chi connectivity index (χ1) is 9.51. The van der Waals surface area contributed by atoms with E-state index in [1.54, 1.807) is 6.92 Å². The normalized spacial score (nSPS) is 15.3. The third kappa shape index (κ3) is 8.87. The van der Waals surface area contributed by atoms with Crippen LogP contribution in [0.1, 0.15) is 46.5 Å². The highest BCUT2D eigenvalue weighted by molar-refractivity contribution is 4.82. The summed E-state index contributed by atoms with van der Waals surface area (Å²) >= 11 is 0. The summed E-state index contributed by atoms with van der Waals surface area (Å²) in [6.45, 7) is 6.96. The molecule has 5 heteroatoms. The Labute approximate surface area is 123 Å². The lowest BCUT2D eigenvalue weighted by molar-refractivity contribution is 0.0108. The van der Waals surface area contributed by atoms with Gasteiger partial charge in [0, 0.05) is 13.2 Å². The van der Waals surface area contributed by atoms with Gasteiger partial charge in [0.1, 0.15) is 0 Å². The Morgan fingerprint density at radius 3 is 2.30 bits per heavy atom. The highest BCUT2D eigenvalue weighted by Crippen LogP contribution is 2.12. The second kappa shape index (κ2) is 11.5. The Bertz CT molecular complexity index is 222. The summed E-state index contributed by atoms with van der Waals surface area (Å²) in [5, 5.41) is 31.0. The van der Waals surface area contributed by atoms with Gasteiger partial charge in [-0.05, 0) is 19.3 Å². The number of unbranched alkanes of at least 4 members (excludes halogenated alkanes) is 1. The van der Waals surface area contributed by atoms with Crippen LogP contribution < -0.4 is 5.32 Å². The molecule has 0 saturated carbocycles. The van der Waals surface area contributed by atoms with Crippen LogP contribution in [0.3, 0.4) is 0 Å². The van der Waals surface area contributed by atoms with E-state index < -0.39 is 11.6 Å². The molecule has 20 heavy (non-hydrogen) atoms. The largest absolute Gasteiger partial charge is 0.394 e. The summed E-state index contributed by atoms with van der Waals surface area (Å²) in [6, 6.07) is 0. The van der Waals surface area contributed by atoms with E-state index in [-0.39, 0.29) is 19.8 Å². The molecule has 2 unspecified atom stereocenters. The molecule has 0 aromatic rings. The fraction of sp³-hybridized carbons (Fsp3) is 1.00. The fourth-order valence-corrected chi connectivity index (χ4v) is 1.85. The van der Waals surface area contributed by atoms with E-state index in [1.807, 2.05) is 0 Å². The van der Waals surface area contributed by atoms with Crippen LogP contribution in [-0.4, -0.2) is 59.9 Å². The maximum atomic E-state index is 9.81. The average molecular weight is 291 g/mol. The number of β-amino-alcohol motifs (C(OH)–C–C–N with tert-alkyl or cyclic N) is 1. The van der Waals surface area contributed by atoms with Gasteiger partial charge in [-0.15, -0.1) is 0 Å². The maximum Gasteiger partial charge on any atom is 0.0897 e. The van der Waals surface area contributed by atoms with Crippen molar-refractivity contribution in [1.82, 2.24) is 5.32 Å². The van der Waals surface area contributed by atoms with E-state index in [0.29, 0.717) is 19.1 Å². The van der Waals surface area contributed by atoms with E-state index in [9.17, 15) is 5.11 Å². The maximum absolute atomic E-state index is 9.81. The first-order valence-electron chi connectivity index (χ1n) is 7.73. The van der Waals surface area contributed by atoms with Crippen LogP contribution in [0.5, 0.6) is 0 Å². The molecular formula is C15H33NO4. The van der Waals surface area contributed by atoms with Crippen LogP contribution in [-0.2, 0) is 4.74 Å². The van der Waals surface area contributed by atoms with Crippen molar-refractivity contribution < 1.29 is 20.1 Å². The van der Waals surface area contributed by atoms with Gasteiger partial charge >= 0.3 is 0 Å². The fourth-order valence-electron chi connectivity index (χ4n) is 1.85. The van der Waals surface area contributed by atoms with Gasteiger partial charge in [0.15, 0.2) is 0 Å². The number of ether oxygens (including phenoxy) is 1. The Morgan fingerprint density at radius 1 is 1.15 bits per heavy atom. The molecule has 0 aromatic carbocycles. The summed E-state index contributed by atoms with van der Waals surface area (Å²) in [5.74, 6) is 0.565. The van der Waals surface area contributed by atoms with Crippen molar-refractivity contribution in [1.29, 1.82) is 0 Å². The zero-order chi connectivity index (χ0) is 15.4. The lowest BCUT2D eigenvalue weighted by Gasteiger charge is -2.27. The van der Waals surface area contributed by atoms with Gasteiger partial charge in [0.25, 0.3) is 0 Å². The summed E-state index contributed by atoms with van der Waals surface area (Å²) in [5.41, 5.74) is -0.756. The van der Waals surface area contributed by atoms with Crippen molar-refractivity contribution in [3.8, 4) is 0 Å². The van der Waals surface area contributed by atoms with Crippen molar-refractivity contribution in [2.45, 2.75) is 58.1 Å². The van der Waals surface area contributed by atoms with E-state index >= 15 is 0 Å². The van der Waals surface area contributed by atoms with Crippen LogP contribution in [0.15, 0.2) is 0 Å². The Morgan fingerprint density at radius 2 is 1.80 bits per heavy atom. The SMILES string of the molecule is CCCCC(CC)COCC(O)CNC(C)(CO)CO. The first-order valence-corrected chi connectivity index (χ1v) is 7.73. The summed E-state index contributed by atoms with van der Waals surface area (Å²) in [6.07, 6.45) is 4.06.